The van der Waals surface area contributed by atoms with Gasteiger partial charge in [0.05, 0.1) is 11.7 Å². The van der Waals surface area contributed by atoms with Crippen molar-refractivity contribution in [1.82, 2.24) is 5.32 Å². The summed E-state index contributed by atoms with van der Waals surface area (Å²) in [5, 5.41) is 3.74. The SMILES string of the molecule is Cc1oc2ccc(OCc3ccccc3)cc2c1C(=O)NC[C@H]1CCCO1. The van der Waals surface area contributed by atoms with E-state index in [-0.39, 0.29) is 12.0 Å². The van der Waals surface area contributed by atoms with Crippen LogP contribution in [0.5, 0.6) is 5.75 Å². The van der Waals surface area contributed by atoms with E-state index < -0.39 is 0 Å². The third-order valence-electron chi connectivity index (χ3n) is 4.83. The van der Waals surface area contributed by atoms with Crippen LogP contribution in [0.4, 0.5) is 0 Å². The smallest absolute Gasteiger partial charge is 0.255 e. The number of fused-ring (bicyclic) bond motifs is 1. The van der Waals surface area contributed by atoms with Gasteiger partial charge in [-0.05, 0) is 43.5 Å². The van der Waals surface area contributed by atoms with E-state index in [1.54, 1.807) is 0 Å². The third kappa shape index (κ3) is 3.98. The van der Waals surface area contributed by atoms with Gasteiger partial charge in [-0.1, -0.05) is 30.3 Å². The average molecular weight is 365 g/mol. The highest BCUT2D eigenvalue weighted by molar-refractivity contribution is 6.07. The van der Waals surface area contributed by atoms with Crippen molar-refractivity contribution in [1.29, 1.82) is 0 Å². The summed E-state index contributed by atoms with van der Waals surface area (Å²) in [5.41, 5.74) is 2.34. The van der Waals surface area contributed by atoms with E-state index in [1.807, 2.05) is 55.5 Å². The van der Waals surface area contributed by atoms with Crippen molar-refractivity contribution in [3.63, 3.8) is 0 Å². The van der Waals surface area contributed by atoms with Crippen molar-refractivity contribution in [2.75, 3.05) is 13.2 Å². The molecule has 3 aromatic rings. The van der Waals surface area contributed by atoms with Crippen molar-refractivity contribution >= 4 is 16.9 Å². The molecule has 2 aromatic carbocycles. The number of rotatable bonds is 6. The van der Waals surface area contributed by atoms with Gasteiger partial charge in [0, 0.05) is 18.5 Å². The summed E-state index contributed by atoms with van der Waals surface area (Å²) in [4.78, 5) is 12.7. The van der Waals surface area contributed by atoms with Crippen LogP contribution in [0.3, 0.4) is 0 Å². The van der Waals surface area contributed by atoms with Crippen molar-refractivity contribution in [3.05, 3.63) is 65.4 Å². The predicted molar refractivity (Wildman–Crippen MR) is 103 cm³/mol. The van der Waals surface area contributed by atoms with E-state index in [9.17, 15) is 4.79 Å². The Balaban J connectivity index is 1.51. The molecular weight excluding hydrogens is 342 g/mol. The van der Waals surface area contributed by atoms with Gasteiger partial charge in [0.2, 0.25) is 0 Å². The lowest BCUT2D eigenvalue weighted by atomic mass is 10.1. The van der Waals surface area contributed by atoms with Crippen LogP contribution in [0.15, 0.2) is 52.9 Å². The lowest BCUT2D eigenvalue weighted by Crippen LogP contribution is -2.31. The first-order chi connectivity index (χ1) is 13.2. The number of furan rings is 1. The number of nitrogens with one attached hydrogen (secondary N) is 1. The molecule has 4 rings (SSSR count). The average Bonchev–Trinajstić information content (AvgIpc) is 3.32. The number of amides is 1. The second kappa shape index (κ2) is 7.84. The Labute approximate surface area is 158 Å². The molecule has 1 saturated heterocycles. The monoisotopic (exact) mass is 365 g/mol. The molecule has 0 bridgehead atoms. The summed E-state index contributed by atoms with van der Waals surface area (Å²) in [6, 6.07) is 15.6. The number of ether oxygens (including phenoxy) is 2. The van der Waals surface area contributed by atoms with Gasteiger partial charge in [0.15, 0.2) is 0 Å². The summed E-state index contributed by atoms with van der Waals surface area (Å²) in [5.74, 6) is 1.18. The minimum Gasteiger partial charge on any atom is -0.489 e. The van der Waals surface area contributed by atoms with E-state index in [0.29, 0.717) is 35.8 Å². The second-order valence-corrected chi connectivity index (χ2v) is 6.81. The van der Waals surface area contributed by atoms with Crippen LogP contribution in [-0.4, -0.2) is 25.2 Å². The molecule has 1 aromatic heterocycles. The highest BCUT2D eigenvalue weighted by Gasteiger charge is 2.21. The van der Waals surface area contributed by atoms with Gasteiger partial charge in [0.1, 0.15) is 23.7 Å². The Hall–Kier alpha value is -2.79. The lowest BCUT2D eigenvalue weighted by Gasteiger charge is -2.11. The van der Waals surface area contributed by atoms with Crippen LogP contribution in [0.2, 0.25) is 0 Å². The molecule has 0 spiro atoms. The standard InChI is InChI=1S/C22H23NO4/c1-15-21(22(24)23-13-18-8-5-11-25-18)19-12-17(9-10-20(19)27-15)26-14-16-6-3-2-4-7-16/h2-4,6-7,9-10,12,18H,5,8,11,13-14H2,1H3,(H,23,24)/t18-/m1/s1. The van der Waals surface area contributed by atoms with Crippen LogP contribution in [0.25, 0.3) is 11.0 Å². The van der Waals surface area contributed by atoms with Gasteiger partial charge >= 0.3 is 0 Å². The first kappa shape index (κ1) is 17.6. The maximum absolute atomic E-state index is 12.7. The molecule has 1 atom stereocenters. The number of benzene rings is 2. The first-order valence-corrected chi connectivity index (χ1v) is 9.30. The van der Waals surface area contributed by atoms with Gasteiger partial charge < -0.3 is 19.2 Å². The molecule has 5 heteroatoms. The first-order valence-electron chi connectivity index (χ1n) is 9.30. The number of hydrogen-bond acceptors (Lipinski definition) is 4. The number of carbonyl (C=O) groups excluding carboxylic acids is 1. The topological polar surface area (TPSA) is 60.7 Å². The van der Waals surface area contributed by atoms with Crippen molar-refractivity contribution in [2.24, 2.45) is 0 Å². The predicted octanol–water partition coefficient (Wildman–Crippen LogP) is 4.23. The van der Waals surface area contributed by atoms with Crippen LogP contribution in [0, 0.1) is 6.92 Å². The Morgan fingerprint density at radius 1 is 1.22 bits per heavy atom. The Kier molecular flexibility index (Phi) is 5.12. The molecular formula is C22H23NO4. The van der Waals surface area contributed by atoms with Gasteiger partial charge in [-0.3, -0.25) is 4.79 Å². The third-order valence-corrected chi connectivity index (χ3v) is 4.83. The van der Waals surface area contributed by atoms with E-state index in [1.165, 1.54) is 0 Å². The zero-order valence-corrected chi connectivity index (χ0v) is 15.4. The molecule has 1 aliphatic rings. The van der Waals surface area contributed by atoms with Crippen LogP contribution in [-0.2, 0) is 11.3 Å². The summed E-state index contributed by atoms with van der Waals surface area (Å²) in [7, 11) is 0. The Bertz CT molecular complexity index is 926. The van der Waals surface area contributed by atoms with Crippen LogP contribution >= 0.6 is 0 Å². The molecule has 0 radical (unpaired) electrons. The fourth-order valence-electron chi connectivity index (χ4n) is 3.41. The maximum Gasteiger partial charge on any atom is 0.255 e. The summed E-state index contributed by atoms with van der Waals surface area (Å²) in [6.07, 6.45) is 2.15. The molecule has 1 aliphatic heterocycles. The fourth-order valence-corrected chi connectivity index (χ4v) is 3.41. The van der Waals surface area contributed by atoms with Gasteiger partial charge in [-0.2, -0.15) is 0 Å². The van der Waals surface area contributed by atoms with E-state index >= 15 is 0 Å². The number of carbonyl (C=O) groups is 1. The van der Waals surface area contributed by atoms with Crippen LogP contribution < -0.4 is 10.1 Å². The van der Waals surface area contributed by atoms with Crippen molar-refractivity contribution < 1.29 is 18.7 Å². The zero-order valence-electron chi connectivity index (χ0n) is 15.4. The van der Waals surface area contributed by atoms with E-state index in [2.05, 4.69) is 5.32 Å². The molecule has 1 fully saturated rings. The Morgan fingerprint density at radius 3 is 2.85 bits per heavy atom. The molecule has 2 heterocycles. The second-order valence-electron chi connectivity index (χ2n) is 6.81. The molecule has 1 N–H and O–H groups in total. The molecule has 0 aliphatic carbocycles. The molecule has 5 nitrogen and oxygen atoms in total. The summed E-state index contributed by atoms with van der Waals surface area (Å²) < 4.78 is 17.2. The Morgan fingerprint density at radius 2 is 2.07 bits per heavy atom. The van der Waals surface area contributed by atoms with Crippen molar-refractivity contribution in [3.8, 4) is 5.75 Å². The summed E-state index contributed by atoms with van der Waals surface area (Å²) >= 11 is 0. The molecule has 0 unspecified atom stereocenters. The minimum atomic E-state index is -0.137. The minimum absolute atomic E-state index is 0.109. The highest BCUT2D eigenvalue weighted by Crippen LogP contribution is 2.29. The zero-order chi connectivity index (χ0) is 18.6. The van der Waals surface area contributed by atoms with Crippen molar-refractivity contribution in [2.45, 2.75) is 32.5 Å². The fraction of sp³-hybridized carbons (Fsp3) is 0.318. The van der Waals surface area contributed by atoms with Gasteiger partial charge in [-0.25, -0.2) is 0 Å². The van der Waals surface area contributed by atoms with E-state index in [0.717, 1.165) is 30.4 Å². The summed E-state index contributed by atoms with van der Waals surface area (Å²) in [6.45, 7) is 3.58. The normalized spacial score (nSPS) is 16.6. The quantitative estimate of drug-likeness (QED) is 0.710. The highest BCUT2D eigenvalue weighted by atomic mass is 16.5. The van der Waals surface area contributed by atoms with E-state index in [4.69, 9.17) is 13.9 Å². The van der Waals surface area contributed by atoms with Gasteiger partial charge in [-0.15, -0.1) is 0 Å². The van der Waals surface area contributed by atoms with Gasteiger partial charge in [0.25, 0.3) is 5.91 Å². The lowest BCUT2D eigenvalue weighted by molar-refractivity contribution is 0.0857. The molecule has 140 valence electrons. The largest absolute Gasteiger partial charge is 0.489 e. The number of hydrogen-bond donors (Lipinski definition) is 1. The maximum atomic E-state index is 12.7. The van der Waals surface area contributed by atoms with Crippen LogP contribution in [0.1, 0.15) is 34.5 Å². The molecule has 1 amide bonds. The number of aryl methyl sites for hydroxylation is 1. The molecule has 27 heavy (non-hydrogen) atoms. The molecule has 0 saturated carbocycles.